The van der Waals surface area contributed by atoms with E-state index < -0.39 is 0 Å². The monoisotopic (exact) mass is 319 g/mol. The first-order chi connectivity index (χ1) is 10.7. The molecule has 118 valence electrons. The number of anilines is 1. The smallest absolute Gasteiger partial charge is 0.227 e. The molecule has 3 unspecified atom stereocenters. The Morgan fingerprint density at radius 2 is 1.68 bits per heavy atom. The van der Waals surface area contributed by atoms with Gasteiger partial charge in [0.15, 0.2) is 0 Å². The molecule has 4 nitrogen and oxygen atoms in total. The fraction of sp³-hybridized carbons (Fsp3) is 0.588. The molecule has 1 aromatic rings. The van der Waals surface area contributed by atoms with Crippen molar-refractivity contribution < 1.29 is 4.79 Å². The first-order valence-electron chi connectivity index (χ1n) is 8.29. The summed E-state index contributed by atoms with van der Waals surface area (Å²) in [6, 6.07) is 8.74. The van der Waals surface area contributed by atoms with E-state index in [1.807, 2.05) is 29.2 Å². The normalized spacial score (nSPS) is 35.0. The molecule has 2 N–H and O–H groups in total. The predicted molar refractivity (Wildman–Crippen MR) is 88.0 cm³/mol. The van der Waals surface area contributed by atoms with Crippen LogP contribution in [-0.2, 0) is 4.79 Å². The third-order valence-corrected chi connectivity index (χ3v) is 5.57. The number of nitrogens with zero attached hydrogens (tertiary/aromatic N) is 1. The molecule has 0 aromatic heterocycles. The summed E-state index contributed by atoms with van der Waals surface area (Å²) >= 11 is 5.93. The van der Waals surface area contributed by atoms with Crippen LogP contribution in [-0.4, -0.2) is 30.7 Å². The second-order valence-corrected chi connectivity index (χ2v) is 7.19. The Morgan fingerprint density at radius 3 is 2.32 bits per heavy atom. The maximum Gasteiger partial charge on any atom is 0.227 e. The minimum absolute atomic E-state index is 0.214. The number of nitrogens with one attached hydrogen (secondary N) is 2. The van der Waals surface area contributed by atoms with Crippen LogP contribution in [0.5, 0.6) is 0 Å². The Hall–Kier alpha value is -1.10. The van der Waals surface area contributed by atoms with Gasteiger partial charge in [0.25, 0.3) is 0 Å². The minimum Gasteiger partial charge on any atom is -0.312 e. The lowest BCUT2D eigenvalue weighted by atomic mass is 9.92. The van der Waals surface area contributed by atoms with Gasteiger partial charge in [0.2, 0.25) is 5.91 Å². The molecule has 1 amide bonds. The standard InChI is InChI=1S/C17H22ClN3O/c18-12-5-7-13(8-6-12)21-10-11(9-16(21)22)17-19-14-3-1-2-4-15(14)20-17/h5-8,11,14-15,17,19-20H,1-4,9-10H2. The van der Waals surface area contributed by atoms with Crippen molar-refractivity contribution in [3.63, 3.8) is 0 Å². The first-order valence-corrected chi connectivity index (χ1v) is 8.66. The van der Waals surface area contributed by atoms with Gasteiger partial charge in [-0.1, -0.05) is 24.4 Å². The highest BCUT2D eigenvalue weighted by molar-refractivity contribution is 6.30. The van der Waals surface area contributed by atoms with Crippen molar-refractivity contribution in [3.05, 3.63) is 29.3 Å². The summed E-state index contributed by atoms with van der Waals surface area (Å²) in [6.45, 7) is 0.782. The number of rotatable bonds is 2. The van der Waals surface area contributed by atoms with E-state index in [1.54, 1.807) is 0 Å². The molecule has 5 heteroatoms. The highest BCUT2D eigenvalue weighted by Gasteiger charge is 2.42. The van der Waals surface area contributed by atoms with Gasteiger partial charge in [-0.2, -0.15) is 0 Å². The highest BCUT2D eigenvalue weighted by Crippen LogP contribution is 2.31. The van der Waals surface area contributed by atoms with Gasteiger partial charge < -0.3 is 4.90 Å². The SMILES string of the molecule is O=C1CC(C2NC3CCCCC3N2)CN1c1ccc(Cl)cc1. The van der Waals surface area contributed by atoms with Gasteiger partial charge in [-0.25, -0.2) is 0 Å². The van der Waals surface area contributed by atoms with E-state index in [0.717, 1.165) is 12.2 Å². The third-order valence-electron chi connectivity index (χ3n) is 5.32. The molecule has 22 heavy (non-hydrogen) atoms. The summed E-state index contributed by atoms with van der Waals surface area (Å²) in [4.78, 5) is 14.3. The van der Waals surface area contributed by atoms with Crippen LogP contribution in [0, 0.1) is 5.92 Å². The number of hydrogen-bond acceptors (Lipinski definition) is 3. The van der Waals surface area contributed by atoms with Crippen LogP contribution < -0.4 is 15.5 Å². The van der Waals surface area contributed by atoms with E-state index in [-0.39, 0.29) is 12.1 Å². The van der Waals surface area contributed by atoms with E-state index in [1.165, 1.54) is 25.7 Å². The zero-order chi connectivity index (χ0) is 15.1. The minimum atomic E-state index is 0.214. The lowest BCUT2D eigenvalue weighted by molar-refractivity contribution is -0.117. The topological polar surface area (TPSA) is 44.4 Å². The van der Waals surface area contributed by atoms with E-state index in [0.29, 0.717) is 29.4 Å². The van der Waals surface area contributed by atoms with Crippen LogP contribution in [0.2, 0.25) is 5.02 Å². The maximum atomic E-state index is 12.4. The molecule has 2 aliphatic heterocycles. The van der Waals surface area contributed by atoms with Crippen molar-refractivity contribution in [3.8, 4) is 0 Å². The van der Waals surface area contributed by atoms with Crippen LogP contribution in [0.4, 0.5) is 5.69 Å². The molecule has 3 fully saturated rings. The van der Waals surface area contributed by atoms with Crippen LogP contribution in [0.3, 0.4) is 0 Å². The van der Waals surface area contributed by atoms with Gasteiger partial charge in [0, 0.05) is 41.7 Å². The zero-order valence-corrected chi connectivity index (χ0v) is 13.4. The fourth-order valence-electron chi connectivity index (χ4n) is 4.14. The van der Waals surface area contributed by atoms with Crippen LogP contribution >= 0.6 is 11.6 Å². The Balaban J connectivity index is 1.45. The van der Waals surface area contributed by atoms with Crippen molar-refractivity contribution in [2.24, 2.45) is 5.92 Å². The molecule has 2 heterocycles. The summed E-state index contributed by atoms with van der Waals surface area (Å²) in [5.41, 5.74) is 0.951. The zero-order valence-electron chi connectivity index (χ0n) is 12.6. The molecular formula is C17H22ClN3O. The quantitative estimate of drug-likeness (QED) is 0.880. The number of hydrogen-bond donors (Lipinski definition) is 2. The molecule has 4 rings (SSSR count). The molecule has 3 atom stereocenters. The highest BCUT2D eigenvalue weighted by atomic mass is 35.5. The Morgan fingerprint density at radius 1 is 1.05 bits per heavy atom. The number of amides is 1. The number of benzene rings is 1. The van der Waals surface area contributed by atoms with Crippen molar-refractivity contribution in [2.45, 2.75) is 50.4 Å². The summed E-state index contributed by atoms with van der Waals surface area (Å²) in [6.07, 6.45) is 6.05. The van der Waals surface area contributed by atoms with Crippen molar-refractivity contribution >= 4 is 23.2 Å². The second-order valence-electron chi connectivity index (χ2n) is 6.75. The first kappa shape index (κ1) is 14.5. The van der Waals surface area contributed by atoms with E-state index >= 15 is 0 Å². The number of carbonyl (C=O) groups is 1. The van der Waals surface area contributed by atoms with Crippen LogP contribution in [0.15, 0.2) is 24.3 Å². The molecular weight excluding hydrogens is 298 g/mol. The molecule has 1 saturated carbocycles. The van der Waals surface area contributed by atoms with Crippen molar-refractivity contribution in [2.75, 3.05) is 11.4 Å². The fourth-order valence-corrected chi connectivity index (χ4v) is 4.27. The van der Waals surface area contributed by atoms with Crippen molar-refractivity contribution in [1.29, 1.82) is 0 Å². The molecule has 0 bridgehead atoms. The van der Waals surface area contributed by atoms with Crippen LogP contribution in [0.25, 0.3) is 0 Å². The molecule has 0 spiro atoms. The Bertz CT molecular complexity index is 548. The van der Waals surface area contributed by atoms with Gasteiger partial charge >= 0.3 is 0 Å². The van der Waals surface area contributed by atoms with Crippen LogP contribution in [0.1, 0.15) is 32.1 Å². The number of halogens is 1. The number of carbonyl (C=O) groups excluding carboxylic acids is 1. The van der Waals surface area contributed by atoms with Gasteiger partial charge in [0.05, 0.1) is 6.17 Å². The van der Waals surface area contributed by atoms with Gasteiger partial charge in [0.1, 0.15) is 0 Å². The van der Waals surface area contributed by atoms with Gasteiger partial charge in [-0.15, -0.1) is 0 Å². The number of fused-ring (bicyclic) bond motifs is 1. The predicted octanol–water partition coefficient (Wildman–Crippen LogP) is 2.52. The van der Waals surface area contributed by atoms with Gasteiger partial charge in [-0.05, 0) is 37.1 Å². The third kappa shape index (κ3) is 2.64. The lowest BCUT2D eigenvalue weighted by Gasteiger charge is -2.23. The molecule has 0 radical (unpaired) electrons. The molecule has 1 aromatic carbocycles. The summed E-state index contributed by atoms with van der Waals surface area (Å²) in [5.74, 6) is 0.555. The van der Waals surface area contributed by atoms with Gasteiger partial charge in [-0.3, -0.25) is 15.4 Å². The van der Waals surface area contributed by atoms with Crippen molar-refractivity contribution in [1.82, 2.24) is 10.6 Å². The summed E-state index contributed by atoms with van der Waals surface area (Å²) in [7, 11) is 0. The Labute approximate surface area is 136 Å². The van der Waals surface area contributed by atoms with E-state index in [4.69, 9.17) is 11.6 Å². The summed E-state index contributed by atoms with van der Waals surface area (Å²) < 4.78 is 0. The molecule has 1 aliphatic carbocycles. The van der Waals surface area contributed by atoms with E-state index in [9.17, 15) is 4.79 Å². The average Bonchev–Trinajstić information content (AvgIpc) is 3.11. The van der Waals surface area contributed by atoms with E-state index in [2.05, 4.69) is 10.6 Å². The lowest BCUT2D eigenvalue weighted by Crippen LogP contribution is -2.41. The average molecular weight is 320 g/mol. The maximum absolute atomic E-state index is 12.4. The molecule has 3 aliphatic rings. The molecule has 2 saturated heterocycles. The largest absolute Gasteiger partial charge is 0.312 e. The summed E-state index contributed by atoms with van der Waals surface area (Å²) in [5, 5.41) is 8.15. The second kappa shape index (κ2) is 5.84. The Kier molecular flexibility index (Phi) is 3.84.